The first-order valence-electron chi connectivity index (χ1n) is 12.8. The Bertz CT molecular complexity index is 1460. The zero-order chi connectivity index (χ0) is 30.4. The molecule has 3 aromatic carbocycles. The first-order valence-corrected chi connectivity index (χ1v) is 14.7. The molecule has 0 heterocycles. The molecule has 0 saturated carbocycles. The number of benzene rings is 3. The monoisotopic (exact) mass is 595 g/mol. The second-order valence-corrected chi connectivity index (χ2v) is 12.3. The average Bonchev–Trinajstić information content (AvgIpc) is 2.90. The van der Waals surface area contributed by atoms with Gasteiger partial charge < -0.3 is 9.47 Å². The van der Waals surface area contributed by atoms with Crippen molar-refractivity contribution >= 4 is 15.8 Å². The Labute approximate surface area is 237 Å². The highest BCUT2D eigenvalue weighted by Crippen LogP contribution is 2.33. The van der Waals surface area contributed by atoms with Crippen LogP contribution >= 0.6 is 0 Å². The van der Waals surface area contributed by atoms with Crippen LogP contribution in [-0.2, 0) is 32.7 Å². The number of sulfone groups is 1. The minimum Gasteiger partial charge on any atom is -0.494 e. The van der Waals surface area contributed by atoms with E-state index in [9.17, 15) is 30.8 Å². The predicted molar refractivity (Wildman–Crippen MR) is 147 cm³/mol. The van der Waals surface area contributed by atoms with Crippen molar-refractivity contribution in [3.63, 3.8) is 0 Å². The number of esters is 1. The Kier molecular flexibility index (Phi) is 10.2. The summed E-state index contributed by atoms with van der Waals surface area (Å²) < 4.78 is 89.7. The molecule has 0 N–H and O–H groups in total. The van der Waals surface area contributed by atoms with E-state index in [0.717, 1.165) is 25.0 Å². The molecule has 3 aromatic rings. The molecule has 41 heavy (non-hydrogen) atoms. The Morgan fingerprint density at radius 1 is 0.976 bits per heavy atom. The van der Waals surface area contributed by atoms with E-state index in [0.29, 0.717) is 19.5 Å². The Morgan fingerprint density at radius 3 is 2.27 bits per heavy atom. The molecule has 3 rings (SSSR count). The molecule has 11 heteroatoms. The van der Waals surface area contributed by atoms with Crippen LogP contribution in [0.5, 0.6) is 5.75 Å². The van der Waals surface area contributed by atoms with Gasteiger partial charge in [0, 0.05) is 36.9 Å². The molecular formula is C30H33F4NO5S. The van der Waals surface area contributed by atoms with Gasteiger partial charge in [0.2, 0.25) is 0 Å². The maximum Gasteiger partial charge on any atom is 0.419 e. The highest BCUT2D eigenvalue weighted by atomic mass is 32.2. The van der Waals surface area contributed by atoms with E-state index in [1.165, 1.54) is 30.3 Å². The highest BCUT2D eigenvalue weighted by molar-refractivity contribution is 7.90. The molecule has 0 saturated heterocycles. The number of alkyl halides is 3. The zero-order valence-electron chi connectivity index (χ0n) is 23.3. The van der Waals surface area contributed by atoms with E-state index in [1.54, 1.807) is 0 Å². The fourth-order valence-corrected chi connectivity index (χ4v) is 5.45. The first-order chi connectivity index (χ1) is 19.1. The van der Waals surface area contributed by atoms with E-state index in [-0.39, 0.29) is 34.9 Å². The van der Waals surface area contributed by atoms with Crippen molar-refractivity contribution in [1.29, 1.82) is 0 Å². The SMILES string of the molecule is COC(=O)c1ccc(OCCCN(Cc2cccc(C(F)(F)F)c2F)CC(C)(C)c2ccccc2)cc1S(C)(=O)=O. The van der Waals surface area contributed by atoms with Crippen LogP contribution in [0.2, 0.25) is 0 Å². The maximum absolute atomic E-state index is 14.9. The number of hydrogen-bond donors (Lipinski definition) is 0. The lowest BCUT2D eigenvalue weighted by molar-refractivity contribution is -0.140. The summed E-state index contributed by atoms with van der Waals surface area (Å²) in [6.07, 6.45) is -3.44. The van der Waals surface area contributed by atoms with Crippen molar-refractivity contribution in [2.24, 2.45) is 0 Å². The molecule has 6 nitrogen and oxygen atoms in total. The third kappa shape index (κ3) is 8.53. The fourth-order valence-electron chi connectivity index (χ4n) is 4.57. The molecule has 0 aliphatic carbocycles. The number of hydrogen-bond acceptors (Lipinski definition) is 6. The summed E-state index contributed by atoms with van der Waals surface area (Å²) >= 11 is 0. The van der Waals surface area contributed by atoms with Gasteiger partial charge in [0.05, 0.1) is 29.7 Å². The second kappa shape index (κ2) is 13.0. The lowest BCUT2D eigenvalue weighted by Crippen LogP contribution is -2.38. The van der Waals surface area contributed by atoms with Crippen LogP contribution in [0.3, 0.4) is 0 Å². The second-order valence-electron chi connectivity index (χ2n) is 10.4. The Morgan fingerprint density at radius 2 is 1.66 bits per heavy atom. The largest absolute Gasteiger partial charge is 0.494 e. The summed E-state index contributed by atoms with van der Waals surface area (Å²) in [7, 11) is -2.61. The number of carbonyl (C=O) groups excluding carboxylic acids is 1. The maximum atomic E-state index is 14.9. The van der Waals surface area contributed by atoms with Crippen molar-refractivity contribution in [2.75, 3.05) is 33.1 Å². The van der Waals surface area contributed by atoms with Gasteiger partial charge in [0.15, 0.2) is 9.84 Å². The molecule has 0 atom stereocenters. The summed E-state index contributed by atoms with van der Waals surface area (Å²) in [6.45, 7) is 4.85. The molecule has 0 spiro atoms. The summed E-state index contributed by atoms with van der Waals surface area (Å²) in [4.78, 5) is 13.6. The Hall–Kier alpha value is -3.44. The summed E-state index contributed by atoms with van der Waals surface area (Å²) in [6, 6.07) is 16.9. The summed E-state index contributed by atoms with van der Waals surface area (Å²) in [5.74, 6) is -1.87. The van der Waals surface area contributed by atoms with Gasteiger partial charge in [-0.3, -0.25) is 4.90 Å². The van der Waals surface area contributed by atoms with Gasteiger partial charge >= 0.3 is 12.1 Å². The molecule has 0 aliphatic rings. The van der Waals surface area contributed by atoms with Crippen LogP contribution in [0.1, 0.15) is 47.3 Å². The summed E-state index contributed by atoms with van der Waals surface area (Å²) in [5.41, 5.74) is -0.878. The van der Waals surface area contributed by atoms with Gasteiger partial charge in [-0.25, -0.2) is 17.6 Å². The fraction of sp³-hybridized carbons (Fsp3) is 0.367. The molecule has 0 aliphatic heterocycles. The van der Waals surface area contributed by atoms with Gasteiger partial charge in [0.1, 0.15) is 11.6 Å². The van der Waals surface area contributed by atoms with Gasteiger partial charge in [-0.2, -0.15) is 13.2 Å². The van der Waals surface area contributed by atoms with Crippen LogP contribution in [0.25, 0.3) is 0 Å². The Balaban J connectivity index is 1.78. The number of methoxy groups -OCH3 is 1. The third-order valence-corrected chi connectivity index (χ3v) is 7.73. The van der Waals surface area contributed by atoms with E-state index in [2.05, 4.69) is 4.74 Å². The van der Waals surface area contributed by atoms with Gasteiger partial charge in [-0.15, -0.1) is 0 Å². The topological polar surface area (TPSA) is 72.9 Å². The van der Waals surface area contributed by atoms with Crippen LogP contribution in [0.4, 0.5) is 17.6 Å². The van der Waals surface area contributed by atoms with Crippen molar-refractivity contribution in [3.05, 3.63) is 94.8 Å². The average molecular weight is 596 g/mol. The van der Waals surface area contributed by atoms with Crippen LogP contribution in [0.15, 0.2) is 71.6 Å². The van der Waals surface area contributed by atoms with E-state index in [1.807, 2.05) is 49.1 Å². The smallest absolute Gasteiger partial charge is 0.419 e. The van der Waals surface area contributed by atoms with Crippen LogP contribution < -0.4 is 4.74 Å². The molecule has 222 valence electrons. The van der Waals surface area contributed by atoms with Crippen molar-refractivity contribution in [3.8, 4) is 5.75 Å². The molecule has 0 aromatic heterocycles. The van der Waals surface area contributed by atoms with Gasteiger partial charge in [0.25, 0.3) is 0 Å². The number of ether oxygens (including phenoxy) is 2. The number of rotatable bonds is 12. The summed E-state index contributed by atoms with van der Waals surface area (Å²) in [5, 5.41) is 0. The first kappa shape index (κ1) is 32.1. The van der Waals surface area contributed by atoms with Crippen molar-refractivity contribution in [1.82, 2.24) is 4.90 Å². The number of carbonyl (C=O) groups is 1. The quantitative estimate of drug-likeness (QED) is 0.139. The minimum atomic E-state index is -4.81. The van der Waals surface area contributed by atoms with E-state index >= 15 is 0 Å². The molecular weight excluding hydrogens is 562 g/mol. The van der Waals surface area contributed by atoms with Crippen molar-refractivity contribution < 1.29 is 40.2 Å². The van der Waals surface area contributed by atoms with E-state index in [4.69, 9.17) is 4.74 Å². The number of nitrogens with zero attached hydrogens (tertiary/aromatic N) is 1. The highest BCUT2D eigenvalue weighted by Gasteiger charge is 2.35. The zero-order valence-corrected chi connectivity index (χ0v) is 24.1. The molecule has 0 radical (unpaired) electrons. The lowest BCUT2D eigenvalue weighted by atomic mass is 9.84. The van der Waals surface area contributed by atoms with Crippen molar-refractivity contribution in [2.45, 2.75) is 43.3 Å². The molecule has 0 fully saturated rings. The van der Waals surface area contributed by atoms with E-state index < -0.39 is 38.8 Å². The standard InChI is InChI=1S/C30H33F4NO5S/c1-29(2,22-11-6-5-7-12-22)20-35(19-21-10-8-13-25(27(21)31)30(32,33)34)16-9-17-40-23-14-15-24(28(36)39-3)26(18-23)41(4,37)38/h5-8,10-15,18H,9,16-17,19-20H2,1-4H3. The lowest BCUT2D eigenvalue weighted by Gasteiger charge is -2.33. The normalized spacial score (nSPS) is 12.4. The van der Waals surface area contributed by atoms with Crippen LogP contribution in [-0.4, -0.2) is 52.3 Å². The minimum absolute atomic E-state index is 0.0575. The molecule has 0 bridgehead atoms. The van der Waals surface area contributed by atoms with Gasteiger partial charge in [-0.05, 0) is 36.2 Å². The predicted octanol–water partition coefficient (Wildman–Crippen LogP) is 6.28. The third-order valence-electron chi connectivity index (χ3n) is 6.60. The number of halogens is 4. The molecule has 0 amide bonds. The molecule has 0 unspecified atom stereocenters. The van der Waals surface area contributed by atoms with Gasteiger partial charge in [-0.1, -0.05) is 56.3 Å². The van der Waals surface area contributed by atoms with Crippen LogP contribution in [0, 0.1) is 5.82 Å².